The van der Waals surface area contributed by atoms with Crippen LogP contribution in [0.15, 0.2) is 0 Å². The van der Waals surface area contributed by atoms with E-state index in [-0.39, 0.29) is 11.9 Å². The molecule has 0 radical (unpaired) electrons. The minimum Gasteiger partial charge on any atom is -0.378 e. The summed E-state index contributed by atoms with van der Waals surface area (Å²) in [5.41, 5.74) is 5.89. The van der Waals surface area contributed by atoms with Gasteiger partial charge >= 0.3 is 0 Å². The molecule has 0 aromatic rings. The fraction of sp³-hybridized carbons (Fsp3) is 0.933. The van der Waals surface area contributed by atoms with Crippen LogP contribution in [0.4, 0.5) is 0 Å². The van der Waals surface area contributed by atoms with Gasteiger partial charge in [0.05, 0.1) is 12.1 Å². The van der Waals surface area contributed by atoms with E-state index in [1.807, 2.05) is 0 Å². The number of carbonyl (C=O) groups excluding carboxylic acids is 1. The Kier molecular flexibility index (Phi) is 4.85. The molecule has 110 valence electrons. The number of hydrogen-bond acceptors (Lipinski definition) is 3. The Morgan fingerprint density at radius 3 is 2.47 bits per heavy atom. The number of rotatable bonds is 7. The Morgan fingerprint density at radius 1 is 1.32 bits per heavy atom. The van der Waals surface area contributed by atoms with Crippen molar-refractivity contribution in [2.75, 3.05) is 6.61 Å². The highest BCUT2D eigenvalue weighted by atomic mass is 16.5. The molecule has 0 aliphatic heterocycles. The normalized spacial score (nSPS) is 25.2. The summed E-state index contributed by atoms with van der Waals surface area (Å²) in [4.78, 5) is 11.3. The van der Waals surface area contributed by atoms with Gasteiger partial charge < -0.3 is 15.8 Å². The van der Waals surface area contributed by atoms with E-state index in [0.29, 0.717) is 30.6 Å². The second-order valence-electron chi connectivity index (χ2n) is 6.92. The summed E-state index contributed by atoms with van der Waals surface area (Å²) in [6, 6.07) is 0.292. The summed E-state index contributed by atoms with van der Waals surface area (Å²) in [7, 11) is 0. The van der Waals surface area contributed by atoms with Crippen molar-refractivity contribution < 1.29 is 9.53 Å². The van der Waals surface area contributed by atoms with Crippen molar-refractivity contribution in [1.29, 1.82) is 0 Å². The predicted octanol–water partition coefficient (Wildman–Crippen LogP) is 1.97. The monoisotopic (exact) mass is 268 g/mol. The van der Waals surface area contributed by atoms with Gasteiger partial charge in [-0.15, -0.1) is 0 Å². The van der Waals surface area contributed by atoms with Gasteiger partial charge in [-0.3, -0.25) is 4.79 Å². The third-order valence-corrected chi connectivity index (χ3v) is 4.40. The van der Waals surface area contributed by atoms with E-state index >= 15 is 0 Å². The summed E-state index contributed by atoms with van der Waals surface area (Å²) < 4.78 is 5.91. The highest BCUT2D eigenvalue weighted by Gasteiger charge is 2.29. The maximum absolute atomic E-state index is 11.3. The third-order valence-electron chi connectivity index (χ3n) is 4.40. The van der Waals surface area contributed by atoms with Crippen LogP contribution in [0.25, 0.3) is 0 Å². The van der Waals surface area contributed by atoms with Crippen molar-refractivity contribution in [1.82, 2.24) is 5.32 Å². The van der Waals surface area contributed by atoms with Crippen molar-refractivity contribution >= 4 is 5.91 Å². The van der Waals surface area contributed by atoms with Crippen molar-refractivity contribution in [3.8, 4) is 0 Å². The van der Waals surface area contributed by atoms with Gasteiger partial charge in [-0.25, -0.2) is 0 Å². The molecule has 4 nitrogen and oxygen atoms in total. The van der Waals surface area contributed by atoms with Crippen LogP contribution in [0.3, 0.4) is 0 Å². The average Bonchev–Trinajstić information content (AvgIpc) is 3.13. The molecule has 2 aliphatic carbocycles. The Balaban J connectivity index is 1.63. The highest BCUT2D eigenvalue weighted by Crippen LogP contribution is 2.36. The minimum absolute atomic E-state index is 0.215. The fourth-order valence-corrected chi connectivity index (χ4v) is 2.73. The largest absolute Gasteiger partial charge is 0.378 e. The lowest BCUT2D eigenvalue weighted by molar-refractivity contribution is -0.120. The molecule has 0 aromatic heterocycles. The fourth-order valence-electron chi connectivity index (χ4n) is 2.73. The first-order valence-electron chi connectivity index (χ1n) is 7.63. The molecule has 0 spiro atoms. The van der Waals surface area contributed by atoms with Crippen LogP contribution in [0, 0.1) is 5.41 Å². The van der Waals surface area contributed by atoms with Crippen molar-refractivity contribution in [3.05, 3.63) is 0 Å². The molecule has 1 unspecified atom stereocenters. The minimum atomic E-state index is -0.250. The summed E-state index contributed by atoms with van der Waals surface area (Å²) >= 11 is 0. The molecule has 2 saturated carbocycles. The van der Waals surface area contributed by atoms with Crippen LogP contribution in [0.5, 0.6) is 0 Å². The molecule has 0 bridgehead atoms. The van der Waals surface area contributed by atoms with Gasteiger partial charge in [0, 0.05) is 12.6 Å². The molecule has 1 atom stereocenters. The Bertz CT molecular complexity index is 303. The number of amides is 1. The molecule has 3 N–H and O–H groups in total. The number of primary amides is 1. The lowest BCUT2D eigenvalue weighted by Crippen LogP contribution is -2.43. The first-order chi connectivity index (χ1) is 8.96. The zero-order valence-electron chi connectivity index (χ0n) is 12.3. The van der Waals surface area contributed by atoms with Crippen LogP contribution in [0.2, 0.25) is 0 Å². The molecular formula is C15H28N2O2. The van der Waals surface area contributed by atoms with Crippen molar-refractivity contribution in [2.45, 2.75) is 77.0 Å². The van der Waals surface area contributed by atoms with Gasteiger partial charge in [0.25, 0.3) is 0 Å². The molecule has 0 aromatic carbocycles. The SMILES string of the molecule is CC1(C)CCC(OCCC(NC2CC2)C(N)=O)CC1. The predicted molar refractivity (Wildman–Crippen MR) is 75.7 cm³/mol. The molecule has 2 aliphatic rings. The first-order valence-corrected chi connectivity index (χ1v) is 7.63. The summed E-state index contributed by atoms with van der Waals surface area (Å²) in [5.74, 6) is -0.250. The quantitative estimate of drug-likeness (QED) is 0.742. The van der Waals surface area contributed by atoms with E-state index in [1.165, 1.54) is 25.7 Å². The molecule has 1 amide bonds. The van der Waals surface area contributed by atoms with E-state index in [9.17, 15) is 4.79 Å². The number of carbonyl (C=O) groups is 1. The molecule has 2 fully saturated rings. The van der Waals surface area contributed by atoms with Crippen LogP contribution >= 0.6 is 0 Å². The maximum atomic E-state index is 11.3. The lowest BCUT2D eigenvalue weighted by atomic mass is 9.76. The summed E-state index contributed by atoms with van der Waals surface area (Å²) in [5, 5.41) is 3.29. The second kappa shape index (κ2) is 6.23. The van der Waals surface area contributed by atoms with Crippen LogP contribution in [-0.4, -0.2) is 30.7 Å². The van der Waals surface area contributed by atoms with Crippen LogP contribution in [-0.2, 0) is 9.53 Å². The van der Waals surface area contributed by atoms with Gasteiger partial charge in [-0.2, -0.15) is 0 Å². The standard InChI is InChI=1S/C15H28N2O2/c1-15(2)8-5-12(6-9-15)19-10-7-13(14(16)18)17-11-3-4-11/h11-13,17H,3-10H2,1-2H3,(H2,16,18). The topological polar surface area (TPSA) is 64.3 Å². The zero-order chi connectivity index (χ0) is 13.9. The first kappa shape index (κ1) is 14.8. The molecule has 2 rings (SSSR count). The zero-order valence-corrected chi connectivity index (χ0v) is 12.3. The Morgan fingerprint density at radius 2 is 1.95 bits per heavy atom. The van der Waals surface area contributed by atoms with E-state index in [0.717, 1.165) is 12.8 Å². The average molecular weight is 268 g/mol. The molecule has 0 saturated heterocycles. The number of ether oxygens (including phenoxy) is 1. The van der Waals surface area contributed by atoms with Gasteiger partial charge in [0.2, 0.25) is 5.91 Å². The van der Waals surface area contributed by atoms with Crippen molar-refractivity contribution in [2.24, 2.45) is 11.1 Å². The van der Waals surface area contributed by atoms with Crippen molar-refractivity contribution in [3.63, 3.8) is 0 Å². The van der Waals surface area contributed by atoms with Gasteiger partial charge in [-0.05, 0) is 50.4 Å². The molecule has 19 heavy (non-hydrogen) atoms. The van der Waals surface area contributed by atoms with Gasteiger partial charge in [0.15, 0.2) is 0 Å². The van der Waals surface area contributed by atoms with Crippen LogP contribution in [0.1, 0.15) is 58.8 Å². The summed E-state index contributed by atoms with van der Waals surface area (Å²) in [6.45, 7) is 5.29. The second-order valence-corrected chi connectivity index (χ2v) is 6.92. The van der Waals surface area contributed by atoms with E-state index in [4.69, 9.17) is 10.5 Å². The summed E-state index contributed by atoms with van der Waals surface area (Å²) in [6.07, 6.45) is 8.17. The van der Waals surface area contributed by atoms with E-state index < -0.39 is 0 Å². The molecular weight excluding hydrogens is 240 g/mol. The van der Waals surface area contributed by atoms with E-state index in [2.05, 4.69) is 19.2 Å². The number of nitrogens with two attached hydrogens (primary N) is 1. The maximum Gasteiger partial charge on any atom is 0.234 e. The molecule has 4 heteroatoms. The number of nitrogens with one attached hydrogen (secondary N) is 1. The van der Waals surface area contributed by atoms with Crippen LogP contribution < -0.4 is 11.1 Å². The van der Waals surface area contributed by atoms with E-state index in [1.54, 1.807) is 0 Å². The highest BCUT2D eigenvalue weighted by molar-refractivity contribution is 5.79. The lowest BCUT2D eigenvalue weighted by Gasteiger charge is -2.34. The smallest absolute Gasteiger partial charge is 0.234 e. The van der Waals surface area contributed by atoms with Gasteiger partial charge in [-0.1, -0.05) is 13.8 Å². The number of hydrogen-bond donors (Lipinski definition) is 2. The van der Waals surface area contributed by atoms with Gasteiger partial charge in [0.1, 0.15) is 0 Å². The third kappa shape index (κ3) is 5.11. The Labute approximate surface area is 116 Å². The Hall–Kier alpha value is -0.610. The molecule has 0 heterocycles.